The summed E-state index contributed by atoms with van der Waals surface area (Å²) in [6.45, 7) is 3.02. The summed E-state index contributed by atoms with van der Waals surface area (Å²) in [7, 11) is 0. The Balaban J connectivity index is 1.85. The van der Waals surface area contributed by atoms with Crippen molar-refractivity contribution in [1.29, 1.82) is 0 Å². The van der Waals surface area contributed by atoms with Gasteiger partial charge in [-0.2, -0.15) is 0 Å². The first-order valence-electron chi connectivity index (χ1n) is 9.24. The van der Waals surface area contributed by atoms with Crippen LogP contribution in [0.4, 0.5) is 0 Å². The minimum atomic E-state index is -0.319. The number of nitrogens with one attached hydrogen (secondary N) is 1. The van der Waals surface area contributed by atoms with E-state index in [4.69, 9.17) is 5.73 Å². The van der Waals surface area contributed by atoms with Gasteiger partial charge in [0.1, 0.15) is 5.56 Å². The number of fused-ring (bicyclic) bond motifs is 1. The van der Waals surface area contributed by atoms with E-state index in [1.165, 1.54) is 6.20 Å². The number of aromatic amines is 1. The number of H-pyrrole nitrogens is 1. The molecule has 0 saturated carbocycles. The molecule has 2 heterocycles. The van der Waals surface area contributed by atoms with Crippen molar-refractivity contribution in [2.75, 3.05) is 13.1 Å². The second kappa shape index (κ2) is 7.72. The first kappa shape index (κ1) is 18.2. The molecule has 0 spiro atoms. The van der Waals surface area contributed by atoms with Gasteiger partial charge in [-0.3, -0.25) is 14.4 Å². The second-order valence-electron chi connectivity index (χ2n) is 6.98. The fraction of sp³-hybridized carbons (Fsp3) is 0.450. The molecule has 3 N–H and O–H groups in total. The first-order valence-corrected chi connectivity index (χ1v) is 9.24. The number of likely N-dealkylation sites (tertiary alicyclic amines) is 1. The monoisotopic (exact) mass is 355 g/mol. The summed E-state index contributed by atoms with van der Waals surface area (Å²) < 4.78 is 0. The van der Waals surface area contributed by atoms with Gasteiger partial charge in [-0.1, -0.05) is 19.4 Å². The largest absolute Gasteiger partial charge is 0.369 e. The summed E-state index contributed by atoms with van der Waals surface area (Å²) in [5.41, 5.74) is 7.10. The number of unbranched alkanes of at least 4 members (excludes halogenated alkanes) is 1. The summed E-state index contributed by atoms with van der Waals surface area (Å²) in [4.78, 5) is 41.6. The molecule has 1 aromatic heterocycles. The second-order valence-corrected chi connectivity index (χ2v) is 6.98. The number of amides is 2. The Bertz CT molecular complexity index is 879. The Morgan fingerprint density at radius 3 is 2.65 bits per heavy atom. The molecule has 1 fully saturated rings. The number of piperidine rings is 1. The maximum absolute atomic E-state index is 12.9. The fourth-order valence-corrected chi connectivity index (χ4v) is 3.50. The number of hydrogen-bond acceptors (Lipinski definition) is 3. The van der Waals surface area contributed by atoms with E-state index in [0.29, 0.717) is 31.3 Å². The summed E-state index contributed by atoms with van der Waals surface area (Å²) in [5, 5.41) is 0.552. The zero-order valence-electron chi connectivity index (χ0n) is 15.1. The predicted octanol–water partition coefficient (Wildman–Crippen LogP) is 2.21. The molecule has 1 aromatic carbocycles. The lowest BCUT2D eigenvalue weighted by atomic mass is 9.96. The lowest BCUT2D eigenvalue weighted by Gasteiger charge is -2.30. The van der Waals surface area contributed by atoms with E-state index < -0.39 is 0 Å². The molecule has 0 atom stereocenters. The first-order chi connectivity index (χ1) is 12.5. The molecule has 2 aromatic rings. The van der Waals surface area contributed by atoms with Gasteiger partial charge in [-0.15, -0.1) is 0 Å². The molecule has 26 heavy (non-hydrogen) atoms. The molecular weight excluding hydrogens is 330 g/mol. The Morgan fingerprint density at radius 1 is 1.27 bits per heavy atom. The van der Waals surface area contributed by atoms with E-state index in [-0.39, 0.29) is 28.7 Å². The van der Waals surface area contributed by atoms with Crippen molar-refractivity contribution in [3.8, 4) is 0 Å². The number of hydrogen-bond donors (Lipinski definition) is 2. The molecule has 0 aliphatic carbocycles. The van der Waals surface area contributed by atoms with Crippen LogP contribution in [0.15, 0.2) is 29.2 Å². The third-order valence-electron chi connectivity index (χ3n) is 5.18. The summed E-state index contributed by atoms with van der Waals surface area (Å²) >= 11 is 0. The molecular formula is C20H25N3O3. The number of carbonyl (C=O) groups is 2. The van der Waals surface area contributed by atoms with Gasteiger partial charge in [0.15, 0.2) is 0 Å². The van der Waals surface area contributed by atoms with Crippen molar-refractivity contribution < 1.29 is 9.59 Å². The van der Waals surface area contributed by atoms with Crippen LogP contribution in [-0.4, -0.2) is 34.8 Å². The topological polar surface area (TPSA) is 96.3 Å². The highest BCUT2D eigenvalue weighted by Gasteiger charge is 2.27. The fourth-order valence-electron chi connectivity index (χ4n) is 3.50. The number of aromatic nitrogens is 1. The van der Waals surface area contributed by atoms with E-state index >= 15 is 0 Å². The minimum Gasteiger partial charge on any atom is -0.369 e. The van der Waals surface area contributed by atoms with Gasteiger partial charge in [0.25, 0.3) is 5.91 Å². The number of benzene rings is 1. The summed E-state index contributed by atoms with van der Waals surface area (Å²) in [6, 6.07) is 5.80. The van der Waals surface area contributed by atoms with E-state index in [9.17, 15) is 14.4 Å². The molecule has 1 aliphatic rings. The van der Waals surface area contributed by atoms with Gasteiger partial charge in [0.2, 0.25) is 11.3 Å². The van der Waals surface area contributed by atoms with Crippen LogP contribution in [0.5, 0.6) is 0 Å². The molecule has 6 heteroatoms. The molecule has 0 unspecified atom stereocenters. The van der Waals surface area contributed by atoms with Crippen LogP contribution in [-0.2, 0) is 11.2 Å². The van der Waals surface area contributed by atoms with Gasteiger partial charge in [0.05, 0.1) is 0 Å². The maximum Gasteiger partial charge on any atom is 0.259 e. The predicted molar refractivity (Wildman–Crippen MR) is 101 cm³/mol. The van der Waals surface area contributed by atoms with Crippen molar-refractivity contribution in [2.45, 2.75) is 39.0 Å². The maximum atomic E-state index is 12.9. The molecule has 2 amide bonds. The van der Waals surface area contributed by atoms with Crippen LogP contribution in [0, 0.1) is 5.92 Å². The van der Waals surface area contributed by atoms with E-state index in [2.05, 4.69) is 11.9 Å². The SMILES string of the molecule is CCCCc1ccc2[nH]cc(C(=O)N3CCC(C(N)=O)CC3)c(=O)c2c1. The molecule has 3 rings (SSSR count). The van der Waals surface area contributed by atoms with E-state index in [1.807, 2.05) is 18.2 Å². The van der Waals surface area contributed by atoms with Crippen molar-refractivity contribution in [3.05, 3.63) is 45.7 Å². The van der Waals surface area contributed by atoms with E-state index in [1.54, 1.807) is 4.90 Å². The number of pyridine rings is 1. The third-order valence-corrected chi connectivity index (χ3v) is 5.18. The van der Waals surface area contributed by atoms with Crippen LogP contribution in [0.1, 0.15) is 48.5 Å². The van der Waals surface area contributed by atoms with Crippen LogP contribution in [0.3, 0.4) is 0 Å². The van der Waals surface area contributed by atoms with E-state index in [0.717, 1.165) is 30.3 Å². The molecule has 0 radical (unpaired) electrons. The van der Waals surface area contributed by atoms with Crippen LogP contribution in [0.25, 0.3) is 10.9 Å². The number of nitrogens with two attached hydrogens (primary N) is 1. The summed E-state index contributed by atoms with van der Waals surface area (Å²) in [6.07, 6.45) is 5.68. The van der Waals surface area contributed by atoms with Crippen LogP contribution in [0.2, 0.25) is 0 Å². The molecule has 138 valence electrons. The smallest absolute Gasteiger partial charge is 0.259 e. The Hall–Kier alpha value is -2.63. The standard InChI is InChI=1S/C20H25N3O3/c1-2-3-4-13-5-6-17-15(11-13)18(24)16(12-22-17)20(26)23-9-7-14(8-10-23)19(21)25/h5-6,11-12,14H,2-4,7-10H2,1H3,(H2,21,25)(H,22,24). The van der Waals surface area contributed by atoms with Crippen molar-refractivity contribution in [2.24, 2.45) is 11.7 Å². The van der Waals surface area contributed by atoms with Gasteiger partial charge < -0.3 is 15.6 Å². The Labute approximate surface area is 152 Å². The van der Waals surface area contributed by atoms with Crippen molar-refractivity contribution in [1.82, 2.24) is 9.88 Å². The molecule has 6 nitrogen and oxygen atoms in total. The Morgan fingerprint density at radius 2 is 2.00 bits per heavy atom. The number of carbonyl (C=O) groups excluding carboxylic acids is 2. The van der Waals surface area contributed by atoms with Gasteiger partial charge in [-0.25, -0.2) is 0 Å². The zero-order chi connectivity index (χ0) is 18.7. The number of nitrogens with zero attached hydrogens (tertiary/aromatic N) is 1. The van der Waals surface area contributed by atoms with Crippen LogP contribution >= 0.6 is 0 Å². The average molecular weight is 355 g/mol. The lowest BCUT2D eigenvalue weighted by Crippen LogP contribution is -2.43. The molecule has 0 bridgehead atoms. The average Bonchev–Trinajstić information content (AvgIpc) is 2.66. The highest BCUT2D eigenvalue weighted by Crippen LogP contribution is 2.19. The highest BCUT2D eigenvalue weighted by molar-refractivity contribution is 5.97. The zero-order valence-corrected chi connectivity index (χ0v) is 15.1. The normalized spacial score (nSPS) is 15.3. The molecule has 1 saturated heterocycles. The number of aryl methyl sites for hydroxylation is 1. The van der Waals surface area contributed by atoms with Gasteiger partial charge in [0, 0.05) is 36.1 Å². The highest BCUT2D eigenvalue weighted by atomic mass is 16.2. The minimum absolute atomic E-state index is 0.155. The quantitative estimate of drug-likeness (QED) is 0.860. The van der Waals surface area contributed by atoms with Gasteiger partial charge >= 0.3 is 0 Å². The Kier molecular flexibility index (Phi) is 5.40. The van der Waals surface area contributed by atoms with Crippen molar-refractivity contribution in [3.63, 3.8) is 0 Å². The number of primary amides is 1. The number of rotatable bonds is 5. The van der Waals surface area contributed by atoms with Crippen molar-refractivity contribution >= 4 is 22.7 Å². The summed E-state index contributed by atoms with van der Waals surface area (Å²) in [5.74, 6) is -0.787. The van der Waals surface area contributed by atoms with Crippen LogP contribution < -0.4 is 11.2 Å². The molecule has 1 aliphatic heterocycles. The third kappa shape index (κ3) is 3.64. The van der Waals surface area contributed by atoms with Gasteiger partial charge in [-0.05, 0) is 43.4 Å². The lowest BCUT2D eigenvalue weighted by molar-refractivity contribution is -0.123.